The number of anilines is 2. The van der Waals surface area contributed by atoms with E-state index >= 15 is 0 Å². The van der Waals surface area contributed by atoms with Gasteiger partial charge in [0, 0.05) is 17.1 Å². The van der Waals surface area contributed by atoms with Gasteiger partial charge in [-0.25, -0.2) is 14.4 Å². The number of hydrogen-bond acceptors (Lipinski definition) is 6. The summed E-state index contributed by atoms with van der Waals surface area (Å²) >= 11 is 7.25. The summed E-state index contributed by atoms with van der Waals surface area (Å²) in [5, 5.41) is 3.94. The highest BCUT2D eigenvalue weighted by Crippen LogP contribution is 2.39. The molecular weight excluding hydrogens is 442 g/mol. The molecule has 0 fully saturated rings. The first-order valence-electron chi connectivity index (χ1n) is 8.51. The monoisotopic (exact) mass is 456 g/mol. The number of carbonyl (C=O) groups excluding carboxylic acids is 1. The average molecular weight is 457 g/mol. The number of rotatable bonds is 4. The van der Waals surface area contributed by atoms with Crippen molar-refractivity contribution in [3.8, 4) is 0 Å². The Kier molecular flexibility index (Phi) is 5.30. The fraction of sp³-hybridized carbons (Fsp3) is 0.235. The summed E-state index contributed by atoms with van der Waals surface area (Å²) < 4.78 is 24.5. The molecule has 0 bridgehead atoms. The van der Waals surface area contributed by atoms with E-state index in [1.807, 2.05) is 0 Å². The van der Waals surface area contributed by atoms with Crippen LogP contribution in [0.25, 0.3) is 10.2 Å². The molecule has 1 aliphatic rings. The number of amides is 1. The van der Waals surface area contributed by atoms with Gasteiger partial charge < -0.3 is 20.0 Å². The summed E-state index contributed by atoms with van der Waals surface area (Å²) in [7, 11) is -4.41. The Hall–Kier alpha value is -2.10. The van der Waals surface area contributed by atoms with Gasteiger partial charge in [0.15, 0.2) is 0 Å². The molecule has 2 aromatic heterocycles. The fourth-order valence-corrected chi connectivity index (χ4v) is 5.16. The lowest BCUT2D eigenvalue weighted by Gasteiger charge is -2.27. The van der Waals surface area contributed by atoms with Crippen LogP contribution in [0.3, 0.4) is 0 Å². The SMILES string of the molecule is O=C(CP(=O)(O)O)N1CCc2c(sc3ncnc(Nc4ccc(F)c(Cl)c4)c23)C1. The second-order valence-corrected chi connectivity index (χ2v) is 9.68. The normalized spacial score (nSPS) is 14.1. The Morgan fingerprint density at radius 1 is 1.38 bits per heavy atom. The third-order valence-corrected chi connectivity index (χ3v) is 6.61. The molecule has 0 atom stereocenters. The average Bonchev–Trinajstić information content (AvgIpc) is 3.02. The van der Waals surface area contributed by atoms with Gasteiger partial charge in [-0.15, -0.1) is 11.3 Å². The van der Waals surface area contributed by atoms with Crippen molar-refractivity contribution in [2.24, 2.45) is 0 Å². The van der Waals surface area contributed by atoms with Gasteiger partial charge in [-0.1, -0.05) is 11.6 Å². The highest BCUT2D eigenvalue weighted by atomic mass is 35.5. The maximum atomic E-state index is 13.4. The van der Waals surface area contributed by atoms with Gasteiger partial charge in [0.05, 0.1) is 17.0 Å². The van der Waals surface area contributed by atoms with Crippen LogP contribution in [0.15, 0.2) is 24.5 Å². The predicted octanol–water partition coefficient (Wildman–Crippen LogP) is 3.29. The van der Waals surface area contributed by atoms with Crippen LogP contribution in [0.1, 0.15) is 10.4 Å². The zero-order chi connectivity index (χ0) is 20.8. The summed E-state index contributed by atoms with van der Waals surface area (Å²) in [5.41, 5.74) is 1.56. The van der Waals surface area contributed by atoms with Crippen molar-refractivity contribution in [2.45, 2.75) is 13.0 Å². The highest BCUT2D eigenvalue weighted by Gasteiger charge is 2.29. The lowest BCUT2D eigenvalue weighted by molar-refractivity contribution is -0.129. The molecule has 1 amide bonds. The van der Waals surface area contributed by atoms with Gasteiger partial charge in [-0.2, -0.15) is 0 Å². The standard InChI is InChI=1S/C17H15ClFN4O4PS/c18-11-5-9(1-2-12(11)19)22-16-15-10-3-4-23(14(24)7-28(25,26)27)6-13(10)29-17(15)21-8-20-16/h1-2,5,8H,3-4,6-7H2,(H,20,21,22)(H2,25,26,27). The largest absolute Gasteiger partial charge is 0.340 e. The molecule has 0 saturated carbocycles. The molecule has 0 spiro atoms. The molecule has 3 N–H and O–H groups in total. The van der Waals surface area contributed by atoms with Crippen molar-refractivity contribution in [3.05, 3.63) is 45.8 Å². The van der Waals surface area contributed by atoms with E-state index in [4.69, 9.17) is 21.4 Å². The van der Waals surface area contributed by atoms with Crippen molar-refractivity contribution in [2.75, 3.05) is 18.0 Å². The van der Waals surface area contributed by atoms with Crippen LogP contribution in [0, 0.1) is 5.82 Å². The Bertz CT molecular complexity index is 1170. The molecule has 12 heteroatoms. The molecule has 4 rings (SSSR count). The van der Waals surface area contributed by atoms with E-state index in [1.54, 1.807) is 6.07 Å². The first-order chi connectivity index (χ1) is 13.7. The Morgan fingerprint density at radius 2 is 2.17 bits per heavy atom. The number of nitrogens with one attached hydrogen (secondary N) is 1. The van der Waals surface area contributed by atoms with E-state index in [1.165, 1.54) is 34.7 Å². The molecule has 0 saturated heterocycles. The molecule has 29 heavy (non-hydrogen) atoms. The summed E-state index contributed by atoms with van der Waals surface area (Å²) in [5.74, 6) is -0.546. The van der Waals surface area contributed by atoms with E-state index in [0.29, 0.717) is 24.5 Å². The smallest absolute Gasteiger partial charge is 0.334 e. The number of halogens is 2. The van der Waals surface area contributed by atoms with Crippen molar-refractivity contribution in [1.29, 1.82) is 0 Å². The molecular formula is C17H15ClFN4O4PS. The van der Waals surface area contributed by atoms with E-state index < -0.39 is 25.5 Å². The maximum absolute atomic E-state index is 13.4. The topological polar surface area (TPSA) is 116 Å². The second kappa shape index (κ2) is 7.62. The van der Waals surface area contributed by atoms with Gasteiger partial charge in [0.2, 0.25) is 5.91 Å². The fourth-order valence-electron chi connectivity index (χ4n) is 3.22. The minimum atomic E-state index is -4.41. The van der Waals surface area contributed by atoms with Crippen LogP contribution in [0.2, 0.25) is 5.02 Å². The van der Waals surface area contributed by atoms with E-state index in [2.05, 4.69) is 15.3 Å². The minimum Gasteiger partial charge on any atom is -0.340 e. The van der Waals surface area contributed by atoms with E-state index in [9.17, 15) is 13.8 Å². The summed E-state index contributed by atoms with van der Waals surface area (Å²) in [6, 6.07) is 4.28. The van der Waals surface area contributed by atoms with Crippen LogP contribution in [0.4, 0.5) is 15.9 Å². The van der Waals surface area contributed by atoms with Crippen molar-refractivity contribution < 1.29 is 23.5 Å². The summed E-state index contributed by atoms with van der Waals surface area (Å²) in [6.07, 6.45) is 1.12. The molecule has 3 aromatic rings. The molecule has 0 radical (unpaired) electrons. The number of fused-ring (bicyclic) bond motifs is 3. The molecule has 0 aliphatic carbocycles. The van der Waals surface area contributed by atoms with Crippen LogP contribution in [-0.2, 0) is 22.3 Å². The Balaban J connectivity index is 1.65. The molecule has 3 heterocycles. The van der Waals surface area contributed by atoms with Crippen LogP contribution >= 0.6 is 30.5 Å². The minimum absolute atomic E-state index is 0.00754. The molecule has 152 valence electrons. The molecule has 1 aromatic carbocycles. The quantitative estimate of drug-likeness (QED) is 0.516. The van der Waals surface area contributed by atoms with Crippen molar-refractivity contribution >= 4 is 58.2 Å². The van der Waals surface area contributed by atoms with E-state index in [0.717, 1.165) is 20.7 Å². The van der Waals surface area contributed by atoms with E-state index in [-0.39, 0.29) is 11.6 Å². The third-order valence-electron chi connectivity index (χ3n) is 4.51. The molecule has 0 unspecified atom stereocenters. The zero-order valence-corrected chi connectivity index (χ0v) is 17.3. The Morgan fingerprint density at radius 3 is 2.90 bits per heavy atom. The first kappa shape index (κ1) is 20.2. The molecule has 1 aliphatic heterocycles. The number of nitrogens with zero attached hydrogens (tertiary/aromatic N) is 3. The first-order valence-corrected chi connectivity index (χ1v) is 11.5. The highest BCUT2D eigenvalue weighted by molar-refractivity contribution is 7.52. The number of aromatic nitrogens is 2. The number of thiophene rings is 1. The van der Waals surface area contributed by atoms with Crippen LogP contribution in [0.5, 0.6) is 0 Å². The summed E-state index contributed by atoms with van der Waals surface area (Å²) in [6.45, 7) is 0.603. The van der Waals surface area contributed by atoms with Crippen molar-refractivity contribution in [1.82, 2.24) is 14.9 Å². The Labute approximate surface area is 173 Å². The van der Waals surface area contributed by atoms with Crippen LogP contribution in [-0.4, -0.2) is 43.3 Å². The van der Waals surface area contributed by atoms with Gasteiger partial charge in [0.25, 0.3) is 0 Å². The second-order valence-electron chi connectivity index (χ2n) is 6.55. The zero-order valence-electron chi connectivity index (χ0n) is 14.8. The van der Waals surface area contributed by atoms with Gasteiger partial charge in [-0.3, -0.25) is 9.36 Å². The third kappa shape index (κ3) is 4.26. The van der Waals surface area contributed by atoms with Gasteiger partial charge in [0.1, 0.15) is 29.0 Å². The number of benzene rings is 1. The predicted molar refractivity (Wildman–Crippen MR) is 108 cm³/mol. The van der Waals surface area contributed by atoms with Crippen LogP contribution < -0.4 is 5.32 Å². The van der Waals surface area contributed by atoms with Gasteiger partial charge in [-0.05, 0) is 30.2 Å². The number of hydrogen-bond donors (Lipinski definition) is 3. The lowest BCUT2D eigenvalue weighted by Crippen LogP contribution is -2.37. The number of carbonyl (C=O) groups is 1. The molecule has 8 nitrogen and oxygen atoms in total. The maximum Gasteiger partial charge on any atom is 0.334 e. The lowest BCUT2D eigenvalue weighted by atomic mass is 10.0. The summed E-state index contributed by atoms with van der Waals surface area (Å²) in [4.78, 5) is 41.9. The van der Waals surface area contributed by atoms with Gasteiger partial charge >= 0.3 is 7.60 Å². The van der Waals surface area contributed by atoms with Crippen molar-refractivity contribution in [3.63, 3.8) is 0 Å².